The van der Waals surface area contributed by atoms with Crippen LogP contribution in [0.4, 0.5) is 0 Å². The van der Waals surface area contributed by atoms with E-state index >= 15 is 0 Å². The summed E-state index contributed by atoms with van der Waals surface area (Å²) in [7, 11) is -2.68. The fourth-order valence-corrected chi connectivity index (χ4v) is 5.64. The van der Waals surface area contributed by atoms with Gasteiger partial charge >= 0.3 is 0 Å². The normalized spacial score (nSPS) is 11.6. The van der Waals surface area contributed by atoms with Crippen molar-refractivity contribution in [2.45, 2.75) is 6.92 Å². The molecule has 3 aromatic rings. The number of hydrogen-bond acceptors (Lipinski definition) is 1. The lowest BCUT2D eigenvalue weighted by atomic mass is 10.0. The zero-order chi connectivity index (χ0) is 16.1. The highest BCUT2D eigenvalue weighted by molar-refractivity contribution is 7.78. The van der Waals surface area contributed by atoms with E-state index < -0.39 is 7.14 Å². The van der Waals surface area contributed by atoms with Crippen molar-refractivity contribution < 1.29 is 4.57 Å². The lowest BCUT2D eigenvalue weighted by Gasteiger charge is -2.23. The first-order valence-corrected chi connectivity index (χ1v) is 9.67. The van der Waals surface area contributed by atoms with E-state index in [-0.39, 0.29) is 0 Å². The number of rotatable bonds is 5. The Morgan fingerprint density at radius 3 is 1.52 bits per heavy atom. The largest absolute Gasteiger partial charge is 0.314 e. The first kappa shape index (κ1) is 15.8. The second-order valence-corrected chi connectivity index (χ2v) is 8.54. The molecule has 0 aliphatic carbocycles. The lowest BCUT2D eigenvalue weighted by Crippen LogP contribution is -2.21. The minimum Gasteiger partial charge on any atom is -0.314 e. The Balaban J connectivity index is 2.02. The van der Waals surface area contributed by atoms with Gasteiger partial charge < -0.3 is 4.57 Å². The van der Waals surface area contributed by atoms with Crippen molar-refractivity contribution in [1.29, 1.82) is 0 Å². The summed E-state index contributed by atoms with van der Waals surface area (Å²) >= 11 is 0. The smallest absolute Gasteiger partial charge is 0.144 e. The Kier molecular flexibility index (Phi) is 4.79. The van der Waals surface area contributed by atoms with Gasteiger partial charge in [0.05, 0.1) is 0 Å². The molecule has 2 heteroatoms. The highest BCUT2D eigenvalue weighted by Crippen LogP contribution is 2.46. The van der Waals surface area contributed by atoms with E-state index in [0.717, 1.165) is 22.1 Å². The summed E-state index contributed by atoms with van der Waals surface area (Å²) < 4.78 is 14.0. The summed E-state index contributed by atoms with van der Waals surface area (Å²) in [5, 5.41) is 1.84. The first-order valence-electron chi connectivity index (χ1n) is 7.78. The Hall–Kier alpha value is -2.11. The third-order valence-electron chi connectivity index (χ3n) is 4.07. The maximum Gasteiger partial charge on any atom is 0.144 e. The van der Waals surface area contributed by atoms with E-state index in [2.05, 4.69) is 19.1 Å². The monoisotopic (exact) mass is 319 g/mol. The Bertz CT molecular complexity index is 738. The second kappa shape index (κ2) is 6.98. The molecule has 115 valence electrons. The van der Waals surface area contributed by atoms with E-state index in [1.165, 1.54) is 0 Å². The molecule has 0 amide bonds. The van der Waals surface area contributed by atoms with Gasteiger partial charge in [-0.25, -0.2) is 0 Å². The Morgan fingerprint density at radius 2 is 1.09 bits per heavy atom. The molecular weight excluding hydrogens is 299 g/mol. The van der Waals surface area contributed by atoms with Gasteiger partial charge in [-0.05, 0) is 5.56 Å². The van der Waals surface area contributed by atoms with Crippen LogP contribution in [0.5, 0.6) is 0 Å². The van der Waals surface area contributed by atoms with Gasteiger partial charge in [0.15, 0.2) is 0 Å². The highest BCUT2D eigenvalue weighted by Gasteiger charge is 2.29. The van der Waals surface area contributed by atoms with Crippen LogP contribution in [0.25, 0.3) is 0 Å². The van der Waals surface area contributed by atoms with Crippen molar-refractivity contribution in [2.75, 3.05) is 6.16 Å². The van der Waals surface area contributed by atoms with Crippen molar-refractivity contribution >= 4 is 17.8 Å². The van der Waals surface area contributed by atoms with Gasteiger partial charge in [0.1, 0.15) is 7.14 Å². The van der Waals surface area contributed by atoms with Gasteiger partial charge in [-0.1, -0.05) is 97.9 Å². The molecule has 1 radical (unpaired) electrons. The van der Waals surface area contributed by atoms with Crippen LogP contribution in [-0.4, -0.2) is 6.16 Å². The van der Waals surface area contributed by atoms with Crippen LogP contribution in [-0.2, 0) is 4.57 Å². The number of benzene rings is 3. The average molecular weight is 319 g/mol. The third-order valence-corrected chi connectivity index (χ3v) is 7.26. The molecule has 3 rings (SSSR count). The van der Waals surface area contributed by atoms with Crippen LogP contribution in [0.15, 0.2) is 91.0 Å². The van der Waals surface area contributed by atoms with E-state index in [1.54, 1.807) is 0 Å². The van der Waals surface area contributed by atoms with Crippen molar-refractivity contribution in [1.82, 2.24) is 0 Å². The first-order chi connectivity index (χ1) is 11.2. The SMILES string of the molecule is C[C](CP(=O)(c1ccccc1)c1ccccc1)c1ccccc1. The van der Waals surface area contributed by atoms with Gasteiger partial charge in [0, 0.05) is 22.7 Å². The average Bonchev–Trinajstić information content (AvgIpc) is 2.64. The van der Waals surface area contributed by atoms with Crippen LogP contribution < -0.4 is 10.6 Å². The van der Waals surface area contributed by atoms with Crippen LogP contribution in [0, 0.1) is 5.92 Å². The fraction of sp³-hybridized carbons (Fsp3) is 0.0952. The molecule has 0 saturated carbocycles. The Labute approximate surface area is 138 Å². The van der Waals surface area contributed by atoms with E-state index in [0.29, 0.717) is 6.16 Å². The molecule has 0 N–H and O–H groups in total. The maximum absolute atomic E-state index is 14.0. The molecule has 3 aromatic carbocycles. The molecule has 0 saturated heterocycles. The fourth-order valence-electron chi connectivity index (χ4n) is 2.82. The molecule has 1 nitrogen and oxygen atoms in total. The van der Waals surface area contributed by atoms with Gasteiger partial charge in [-0.15, -0.1) is 0 Å². The van der Waals surface area contributed by atoms with E-state index in [4.69, 9.17) is 0 Å². The van der Waals surface area contributed by atoms with Crippen molar-refractivity contribution in [3.8, 4) is 0 Å². The Morgan fingerprint density at radius 1 is 0.696 bits per heavy atom. The van der Waals surface area contributed by atoms with Gasteiger partial charge in [0.2, 0.25) is 0 Å². The van der Waals surface area contributed by atoms with E-state index in [1.807, 2.05) is 78.9 Å². The third kappa shape index (κ3) is 3.46. The molecule has 0 aliphatic heterocycles. The maximum atomic E-state index is 14.0. The summed E-state index contributed by atoms with van der Waals surface area (Å²) in [5.41, 5.74) is 1.15. The van der Waals surface area contributed by atoms with Gasteiger partial charge in [-0.3, -0.25) is 0 Å². The molecular formula is C21H20OP. The predicted molar refractivity (Wildman–Crippen MR) is 99.1 cm³/mol. The predicted octanol–water partition coefficient (Wildman–Crippen LogP) is 4.64. The van der Waals surface area contributed by atoms with Crippen LogP contribution in [0.3, 0.4) is 0 Å². The quantitative estimate of drug-likeness (QED) is 0.626. The molecule has 0 unspecified atom stereocenters. The molecule has 0 fully saturated rings. The van der Waals surface area contributed by atoms with Gasteiger partial charge in [-0.2, -0.15) is 0 Å². The van der Waals surface area contributed by atoms with Crippen molar-refractivity contribution in [3.63, 3.8) is 0 Å². The topological polar surface area (TPSA) is 17.1 Å². The lowest BCUT2D eigenvalue weighted by molar-refractivity contribution is 0.587. The standard InChI is InChI=1S/C21H20OP/c1-18(19-11-5-2-6-12-19)17-23(22,20-13-7-3-8-14-20)21-15-9-4-10-16-21/h2-16H,17H2,1H3. The molecule has 0 heterocycles. The summed E-state index contributed by atoms with van der Waals surface area (Å²) in [6.07, 6.45) is 0.561. The summed E-state index contributed by atoms with van der Waals surface area (Å²) in [6.45, 7) is 2.08. The van der Waals surface area contributed by atoms with Crippen molar-refractivity contribution in [3.05, 3.63) is 102 Å². The van der Waals surface area contributed by atoms with Crippen LogP contribution in [0.1, 0.15) is 12.5 Å². The van der Waals surface area contributed by atoms with Crippen molar-refractivity contribution in [2.24, 2.45) is 0 Å². The summed E-state index contributed by atoms with van der Waals surface area (Å²) in [4.78, 5) is 0. The second-order valence-electron chi connectivity index (χ2n) is 5.72. The highest BCUT2D eigenvalue weighted by atomic mass is 31.2. The molecule has 0 aliphatic rings. The number of hydrogen-bond donors (Lipinski definition) is 0. The molecule has 0 aromatic heterocycles. The van der Waals surface area contributed by atoms with Crippen LogP contribution in [0.2, 0.25) is 0 Å². The molecule has 0 spiro atoms. The van der Waals surface area contributed by atoms with E-state index in [9.17, 15) is 4.57 Å². The van der Waals surface area contributed by atoms with Crippen LogP contribution >= 0.6 is 7.14 Å². The van der Waals surface area contributed by atoms with Gasteiger partial charge in [0.25, 0.3) is 0 Å². The molecule has 0 bridgehead atoms. The molecule has 23 heavy (non-hydrogen) atoms. The zero-order valence-corrected chi connectivity index (χ0v) is 14.1. The minimum absolute atomic E-state index is 0.561. The molecule has 0 atom stereocenters. The minimum atomic E-state index is -2.68. The summed E-state index contributed by atoms with van der Waals surface area (Å²) in [5.74, 6) is 1.15. The summed E-state index contributed by atoms with van der Waals surface area (Å²) in [6, 6.07) is 29.9. The zero-order valence-electron chi connectivity index (χ0n) is 13.2.